The molecular weight excluding hydrogens is 436 g/mol. The second-order valence-electron chi connectivity index (χ2n) is 4.31. The summed E-state index contributed by atoms with van der Waals surface area (Å²) in [6, 6.07) is 12.2. The summed E-state index contributed by atoms with van der Waals surface area (Å²) in [6.07, 6.45) is 0. The van der Waals surface area contributed by atoms with Crippen LogP contribution in [0.2, 0.25) is 0 Å². The van der Waals surface area contributed by atoms with Gasteiger partial charge in [-0.25, -0.2) is 13.6 Å². The van der Waals surface area contributed by atoms with Gasteiger partial charge in [-0.05, 0) is 29.8 Å². The number of sulfonamides is 1. The van der Waals surface area contributed by atoms with E-state index in [9.17, 15) is 8.42 Å². The molecule has 2 aromatic carbocycles. The minimum Gasteiger partial charge on any atom is -0.454 e. The third kappa shape index (κ3) is 4.45. The molecule has 0 aromatic heterocycles. The van der Waals surface area contributed by atoms with E-state index in [1.165, 1.54) is 6.07 Å². The van der Waals surface area contributed by atoms with Crippen molar-refractivity contribution >= 4 is 48.6 Å². The van der Waals surface area contributed by atoms with Crippen LogP contribution >= 0.6 is 32.9 Å². The smallest absolute Gasteiger partial charge is 0.241 e. The molecule has 0 spiro atoms. The number of hydrogen-bond acceptors (Lipinski definition) is 4. The van der Waals surface area contributed by atoms with Crippen LogP contribution in [-0.2, 0) is 15.4 Å². The molecule has 0 atom stereocenters. The normalized spacial score (nSPS) is 10.7. The summed E-state index contributed by atoms with van der Waals surface area (Å²) in [5.74, 6) is 0.724. The van der Waals surface area contributed by atoms with Gasteiger partial charge in [0.25, 0.3) is 0 Å². The molecule has 0 saturated heterocycles. The lowest BCUT2D eigenvalue weighted by atomic mass is 10.2. The molecule has 2 rings (SSSR count). The summed E-state index contributed by atoms with van der Waals surface area (Å²) < 4.78 is 29.4. The molecule has 22 heavy (non-hydrogen) atoms. The monoisotopic (exact) mass is 450 g/mol. The van der Waals surface area contributed by atoms with E-state index in [2.05, 4.69) is 21.2 Å². The maximum absolute atomic E-state index is 11.8. The summed E-state index contributed by atoms with van der Waals surface area (Å²) in [5.41, 5.74) is 1.34. The van der Waals surface area contributed by atoms with E-state index < -0.39 is 10.0 Å². The van der Waals surface area contributed by atoms with Crippen molar-refractivity contribution < 1.29 is 13.2 Å². The number of nitrogens with one attached hydrogen (secondary N) is 1. The Hall–Kier alpha value is -1.09. The number of para-hydroxylation sites is 1. The predicted molar refractivity (Wildman–Crippen MR) is 96.8 cm³/mol. The highest BCUT2D eigenvalue weighted by molar-refractivity contribution is 9.08. The van der Waals surface area contributed by atoms with Crippen LogP contribution in [0.15, 0.2) is 47.4 Å². The van der Waals surface area contributed by atoms with Gasteiger partial charge in [-0.3, -0.25) is 0 Å². The third-order valence-corrected chi connectivity index (χ3v) is 4.37. The molecule has 5 nitrogen and oxygen atoms in total. The summed E-state index contributed by atoms with van der Waals surface area (Å²) in [5, 5.41) is 8.75. The van der Waals surface area contributed by atoms with Gasteiger partial charge in [-0.1, -0.05) is 34.1 Å². The Morgan fingerprint density at radius 2 is 1.86 bits per heavy atom. The number of hydrogen-bond donors (Lipinski definition) is 2. The van der Waals surface area contributed by atoms with Crippen molar-refractivity contribution in [3.63, 3.8) is 0 Å². The fraction of sp³-hybridized carbons (Fsp3) is 0.143. The second-order valence-corrected chi connectivity index (χ2v) is 6.40. The lowest BCUT2D eigenvalue weighted by Crippen LogP contribution is -2.14. The molecule has 0 amide bonds. The SMILES string of the molecule is Br.CNc1cc(CBr)cc(S(N)(=O)=O)c1Oc1ccccc1. The van der Waals surface area contributed by atoms with Crippen molar-refractivity contribution in [2.45, 2.75) is 10.2 Å². The Morgan fingerprint density at radius 1 is 1.23 bits per heavy atom. The molecule has 0 aliphatic heterocycles. The number of anilines is 1. The molecule has 0 aliphatic carbocycles. The quantitative estimate of drug-likeness (QED) is 0.680. The van der Waals surface area contributed by atoms with Gasteiger partial charge in [0.05, 0.1) is 5.69 Å². The van der Waals surface area contributed by atoms with E-state index in [0.717, 1.165) is 5.56 Å². The van der Waals surface area contributed by atoms with E-state index >= 15 is 0 Å². The number of ether oxygens (including phenoxy) is 1. The van der Waals surface area contributed by atoms with Crippen LogP contribution in [0.25, 0.3) is 0 Å². The van der Waals surface area contributed by atoms with Crippen LogP contribution in [-0.4, -0.2) is 15.5 Å². The topological polar surface area (TPSA) is 81.4 Å². The van der Waals surface area contributed by atoms with Crippen molar-refractivity contribution in [3.8, 4) is 11.5 Å². The van der Waals surface area contributed by atoms with Crippen LogP contribution in [0, 0.1) is 0 Å². The molecule has 0 unspecified atom stereocenters. The zero-order valence-electron chi connectivity index (χ0n) is 11.7. The Balaban J connectivity index is 0.00000242. The zero-order chi connectivity index (χ0) is 15.5. The molecule has 0 radical (unpaired) electrons. The standard InChI is InChI=1S/C14H15BrN2O3S.BrH/c1-17-12-7-10(9-15)8-13(21(16,18)19)14(12)20-11-5-3-2-4-6-11;/h2-8,17H,9H2,1H3,(H2,16,18,19);1H. The van der Waals surface area contributed by atoms with E-state index in [1.807, 2.05) is 12.1 Å². The average Bonchev–Trinajstić information content (AvgIpc) is 2.47. The van der Waals surface area contributed by atoms with Gasteiger partial charge < -0.3 is 10.1 Å². The summed E-state index contributed by atoms with van der Waals surface area (Å²) >= 11 is 3.31. The van der Waals surface area contributed by atoms with Crippen molar-refractivity contribution in [1.29, 1.82) is 0 Å². The number of nitrogens with two attached hydrogens (primary N) is 1. The number of alkyl halides is 1. The molecule has 2 aromatic rings. The minimum absolute atomic E-state index is 0. The Bertz CT molecular complexity index is 737. The van der Waals surface area contributed by atoms with Gasteiger partial charge in [0.2, 0.25) is 10.0 Å². The fourth-order valence-corrected chi connectivity index (χ4v) is 2.89. The van der Waals surface area contributed by atoms with Crippen molar-refractivity contribution in [2.24, 2.45) is 5.14 Å². The Kier molecular flexibility index (Phi) is 6.86. The number of rotatable bonds is 5. The van der Waals surface area contributed by atoms with Crippen LogP contribution in [0.5, 0.6) is 11.5 Å². The van der Waals surface area contributed by atoms with Gasteiger partial charge in [0, 0.05) is 12.4 Å². The van der Waals surface area contributed by atoms with Gasteiger partial charge in [0.15, 0.2) is 5.75 Å². The van der Waals surface area contributed by atoms with Gasteiger partial charge in [-0.15, -0.1) is 17.0 Å². The average molecular weight is 452 g/mol. The van der Waals surface area contributed by atoms with Crippen molar-refractivity contribution in [2.75, 3.05) is 12.4 Å². The first-order valence-electron chi connectivity index (χ1n) is 6.12. The number of primary sulfonamides is 1. The largest absolute Gasteiger partial charge is 0.454 e. The van der Waals surface area contributed by atoms with E-state index in [1.54, 1.807) is 31.3 Å². The predicted octanol–water partition coefficient (Wildman–Crippen LogP) is 3.64. The number of halogens is 2. The molecule has 0 bridgehead atoms. The summed E-state index contributed by atoms with van der Waals surface area (Å²) in [6.45, 7) is 0. The number of benzene rings is 2. The van der Waals surface area contributed by atoms with E-state index in [0.29, 0.717) is 16.8 Å². The van der Waals surface area contributed by atoms with Crippen molar-refractivity contribution in [3.05, 3.63) is 48.0 Å². The van der Waals surface area contributed by atoms with Gasteiger partial charge in [0.1, 0.15) is 10.6 Å². The highest BCUT2D eigenvalue weighted by Crippen LogP contribution is 2.37. The molecule has 0 aliphatic rings. The highest BCUT2D eigenvalue weighted by Gasteiger charge is 2.20. The summed E-state index contributed by atoms with van der Waals surface area (Å²) in [4.78, 5) is -0.0485. The molecule has 0 heterocycles. The first-order chi connectivity index (χ1) is 9.95. The maximum Gasteiger partial charge on any atom is 0.241 e. The maximum atomic E-state index is 11.8. The Labute approximate surface area is 148 Å². The van der Waals surface area contributed by atoms with E-state index in [-0.39, 0.29) is 27.6 Å². The molecule has 0 fully saturated rings. The van der Waals surface area contributed by atoms with Crippen LogP contribution in [0.3, 0.4) is 0 Å². The molecule has 3 N–H and O–H groups in total. The van der Waals surface area contributed by atoms with E-state index in [4.69, 9.17) is 9.88 Å². The third-order valence-electron chi connectivity index (χ3n) is 2.81. The van der Waals surface area contributed by atoms with Crippen LogP contribution in [0.1, 0.15) is 5.56 Å². The molecular formula is C14H16Br2N2O3S. The second kappa shape index (κ2) is 7.96. The van der Waals surface area contributed by atoms with Gasteiger partial charge >= 0.3 is 0 Å². The first kappa shape index (κ1) is 19.0. The minimum atomic E-state index is -3.90. The fourth-order valence-electron chi connectivity index (χ4n) is 1.85. The molecule has 120 valence electrons. The zero-order valence-corrected chi connectivity index (χ0v) is 15.9. The Morgan fingerprint density at radius 3 is 2.36 bits per heavy atom. The molecule has 0 saturated carbocycles. The lowest BCUT2D eigenvalue weighted by Gasteiger charge is -2.16. The van der Waals surface area contributed by atoms with Crippen LogP contribution < -0.4 is 15.2 Å². The first-order valence-corrected chi connectivity index (χ1v) is 8.79. The van der Waals surface area contributed by atoms with Gasteiger partial charge in [-0.2, -0.15) is 0 Å². The molecule has 8 heteroatoms. The van der Waals surface area contributed by atoms with Crippen LogP contribution in [0.4, 0.5) is 5.69 Å². The highest BCUT2D eigenvalue weighted by atomic mass is 79.9. The van der Waals surface area contributed by atoms with Crippen molar-refractivity contribution in [1.82, 2.24) is 0 Å². The summed E-state index contributed by atoms with van der Waals surface area (Å²) in [7, 11) is -2.21. The lowest BCUT2D eigenvalue weighted by molar-refractivity contribution is 0.469.